The molecule has 3 rings (SSSR count). The van der Waals surface area contributed by atoms with Crippen molar-refractivity contribution < 1.29 is 18.9 Å². The van der Waals surface area contributed by atoms with Gasteiger partial charge in [-0.15, -0.1) is 0 Å². The molecule has 3 aromatic carbocycles. The normalized spacial score (nSPS) is 10.2. The fourth-order valence-corrected chi connectivity index (χ4v) is 3.46. The van der Waals surface area contributed by atoms with Gasteiger partial charge in [0.25, 0.3) is 0 Å². The highest BCUT2D eigenvalue weighted by atomic mass is 32.1. The fourth-order valence-electron chi connectivity index (χ4n) is 3.22. The summed E-state index contributed by atoms with van der Waals surface area (Å²) in [5, 5.41) is 3.93. The topological polar surface area (TPSA) is 52.2 Å². The Morgan fingerprint density at radius 1 is 0.719 bits per heavy atom. The van der Waals surface area contributed by atoms with Crippen LogP contribution >= 0.6 is 12.2 Å². The van der Waals surface area contributed by atoms with Crippen LogP contribution in [0.25, 0.3) is 0 Å². The largest absolute Gasteiger partial charge is 0.497 e. The van der Waals surface area contributed by atoms with Crippen molar-refractivity contribution in [2.24, 2.45) is 0 Å². The summed E-state index contributed by atoms with van der Waals surface area (Å²) in [5.41, 5.74) is 3.00. The predicted octanol–water partition coefficient (Wildman–Crippen LogP) is 5.12. The van der Waals surface area contributed by atoms with E-state index in [-0.39, 0.29) is 0 Å². The first-order chi connectivity index (χ1) is 15.6. The Bertz CT molecular complexity index is 1020. The molecule has 1 N–H and O–H groups in total. The van der Waals surface area contributed by atoms with Crippen molar-refractivity contribution in [1.29, 1.82) is 0 Å². The van der Waals surface area contributed by atoms with Gasteiger partial charge in [-0.2, -0.15) is 0 Å². The number of thiocarbonyl (C=S) groups is 1. The average molecular weight is 453 g/mol. The van der Waals surface area contributed by atoms with Crippen molar-refractivity contribution in [1.82, 2.24) is 4.90 Å². The molecule has 0 heterocycles. The van der Waals surface area contributed by atoms with Gasteiger partial charge in [0.15, 0.2) is 5.11 Å². The van der Waals surface area contributed by atoms with Gasteiger partial charge in [-0.1, -0.05) is 12.1 Å². The Hall–Kier alpha value is -3.45. The minimum atomic E-state index is 0.557. The number of methoxy groups -OCH3 is 4. The van der Waals surface area contributed by atoms with Crippen LogP contribution in [0.5, 0.6) is 23.0 Å². The minimum absolute atomic E-state index is 0.557. The molecular formula is C25H28N2O4S. The Morgan fingerprint density at radius 3 is 1.84 bits per heavy atom. The Morgan fingerprint density at radius 2 is 1.28 bits per heavy atom. The summed E-state index contributed by atoms with van der Waals surface area (Å²) in [5.74, 6) is 3.10. The van der Waals surface area contributed by atoms with Crippen LogP contribution in [-0.4, -0.2) is 38.5 Å². The highest BCUT2D eigenvalue weighted by Gasteiger charge is 2.15. The van der Waals surface area contributed by atoms with Crippen molar-refractivity contribution >= 4 is 23.0 Å². The summed E-state index contributed by atoms with van der Waals surface area (Å²) in [6, 6.07) is 21.4. The maximum Gasteiger partial charge on any atom is 0.174 e. The molecule has 0 aliphatic heterocycles. The van der Waals surface area contributed by atoms with Gasteiger partial charge in [-0.25, -0.2) is 0 Å². The van der Waals surface area contributed by atoms with E-state index >= 15 is 0 Å². The zero-order valence-corrected chi connectivity index (χ0v) is 19.6. The number of nitrogens with one attached hydrogen (secondary N) is 1. The number of hydrogen-bond donors (Lipinski definition) is 1. The van der Waals surface area contributed by atoms with E-state index in [1.807, 2.05) is 66.7 Å². The number of ether oxygens (including phenoxy) is 4. The molecule has 0 amide bonds. The van der Waals surface area contributed by atoms with Crippen LogP contribution in [0.4, 0.5) is 5.69 Å². The summed E-state index contributed by atoms with van der Waals surface area (Å²) in [7, 11) is 6.59. The standard InChI is InChI=1S/C25H28N2O4S/c1-28-21-10-5-18(6-11-21)16-27(17-19-7-12-23(30-3)15-24(19)31-4)25(32)26-20-8-13-22(29-2)14-9-20/h5-15H,16-17H2,1-4H3,(H,26,32). The lowest BCUT2D eigenvalue weighted by atomic mass is 10.1. The monoisotopic (exact) mass is 452 g/mol. The molecule has 0 fully saturated rings. The number of hydrogen-bond acceptors (Lipinski definition) is 5. The average Bonchev–Trinajstić information content (AvgIpc) is 2.84. The van der Waals surface area contributed by atoms with E-state index in [0.29, 0.717) is 18.2 Å². The van der Waals surface area contributed by atoms with E-state index in [1.54, 1.807) is 28.4 Å². The second kappa shape index (κ2) is 11.2. The first-order valence-electron chi connectivity index (χ1n) is 10.1. The number of benzene rings is 3. The lowest BCUT2D eigenvalue weighted by Crippen LogP contribution is -2.34. The first-order valence-corrected chi connectivity index (χ1v) is 10.5. The highest BCUT2D eigenvalue weighted by Crippen LogP contribution is 2.27. The number of rotatable bonds is 9. The van der Waals surface area contributed by atoms with Gasteiger partial charge in [-0.3, -0.25) is 0 Å². The molecule has 3 aromatic rings. The van der Waals surface area contributed by atoms with Gasteiger partial charge < -0.3 is 29.2 Å². The first kappa shape index (κ1) is 23.2. The zero-order valence-electron chi connectivity index (χ0n) is 18.8. The molecule has 7 heteroatoms. The van der Waals surface area contributed by atoms with Crippen molar-refractivity contribution in [3.8, 4) is 23.0 Å². The van der Waals surface area contributed by atoms with Crippen molar-refractivity contribution in [2.75, 3.05) is 33.8 Å². The van der Waals surface area contributed by atoms with Crippen molar-refractivity contribution in [3.63, 3.8) is 0 Å². The summed E-state index contributed by atoms with van der Waals surface area (Å²) >= 11 is 5.79. The van der Waals surface area contributed by atoms with Gasteiger partial charge >= 0.3 is 0 Å². The minimum Gasteiger partial charge on any atom is -0.497 e. The lowest BCUT2D eigenvalue weighted by Gasteiger charge is -2.27. The summed E-state index contributed by atoms with van der Waals surface area (Å²) in [6.07, 6.45) is 0. The molecule has 0 atom stereocenters. The van der Waals surface area contributed by atoms with Crippen LogP contribution in [0, 0.1) is 0 Å². The van der Waals surface area contributed by atoms with Crippen molar-refractivity contribution in [2.45, 2.75) is 13.1 Å². The molecule has 0 saturated carbocycles. The smallest absolute Gasteiger partial charge is 0.174 e. The van der Waals surface area contributed by atoms with E-state index in [9.17, 15) is 0 Å². The maximum absolute atomic E-state index is 5.79. The third-order valence-corrected chi connectivity index (χ3v) is 5.38. The zero-order chi connectivity index (χ0) is 22.9. The highest BCUT2D eigenvalue weighted by molar-refractivity contribution is 7.80. The van der Waals surface area contributed by atoms with E-state index in [1.165, 1.54) is 0 Å². The second-order valence-corrected chi connectivity index (χ2v) is 7.43. The molecule has 6 nitrogen and oxygen atoms in total. The quantitative estimate of drug-likeness (QED) is 0.452. The molecule has 0 saturated heterocycles. The van der Waals surface area contributed by atoms with Crippen LogP contribution in [0.2, 0.25) is 0 Å². The molecule has 0 unspecified atom stereocenters. The fraction of sp³-hybridized carbons (Fsp3) is 0.240. The summed E-state index contributed by atoms with van der Waals surface area (Å²) < 4.78 is 21.4. The van der Waals surface area contributed by atoms with Gasteiger partial charge in [0.2, 0.25) is 0 Å². The molecule has 168 valence electrons. The van der Waals surface area contributed by atoms with E-state index in [2.05, 4.69) is 10.2 Å². The summed E-state index contributed by atoms with van der Waals surface area (Å²) in [6.45, 7) is 1.17. The van der Waals surface area contributed by atoms with Crippen LogP contribution in [0.3, 0.4) is 0 Å². The molecule has 0 aliphatic rings. The summed E-state index contributed by atoms with van der Waals surface area (Å²) in [4.78, 5) is 2.09. The third-order valence-electron chi connectivity index (χ3n) is 5.02. The van der Waals surface area contributed by atoms with Crippen molar-refractivity contribution in [3.05, 3.63) is 77.9 Å². The molecular weight excluding hydrogens is 424 g/mol. The number of anilines is 1. The van der Waals surface area contributed by atoms with Crippen LogP contribution < -0.4 is 24.3 Å². The Kier molecular flexibility index (Phi) is 8.16. The molecule has 0 aromatic heterocycles. The van der Waals surface area contributed by atoms with Gasteiger partial charge in [-0.05, 0) is 66.3 Å². The predicted molar refractivity (Wildman–Crippen MR) is 131 cm³/mol. The third kappa shape index (κ3) is 6.04. The lowest BCUT2D eigenvalue weighted by molar-refractivity contribution is 0.370. The van der Waals surface area contributed by atoms with Gasteiger partial charge in [0.05, 0.1) is 28.4 Å². The number of nitrogens with zero attached hydrogens (tertiary/aromatic N) is 1. The maximum atomic E-state index is 5.79. The van der Waals surface area contributed by atoms with Gasteiger partial charge in [0, 0.05) is 30.4 Å². The molecule has 0 bridgehead atoms. The van der Waals surface area contributed by atoms with Gasteiger partial charge in [0.1, 0.15) is 23.0 Å². The molecule has 0 spiro atoms. The van der Waals surface area contributed by atoms with Crippen LogP contribution in [0.15, 0.2) is 66.7 Å². The second-order valence-electron chi connectivity index (χ2n) is 7.04. The Labute approximate surface area is 194 Å². The molecule has 0 radical (unpaired) electrons. The SMILES string of the molecule is COc1ccc(CN(Cc2ccc(OC)cc2OC)C(=S)Nc2ccc(OC)cc2)cc1. The van der Waals surface area contributed by atoms with E-state index in [4.69, 9.17) is 31.2 Å². The Balaban J connectivity index is 1.84. The van der Waals surface area contributed by atoms with Crippen LogP contribution in [0.1, 0.15) is 11.1 Å². The molecule has 0 aliphatic carbocycles. The molecule has 32 heavy (non-hydrogen) atoms. The van der Waals surface area contributed by atoms with Crippen LogP contribution in [-0.2, 0) is 13.1 Å². The van der Waals surface area contributed by atoms with E-state index < -0.39 is 0 Å². The van der Waals surface area contributed by atoms with E-state index in [0.717, 1.165) is 39.8 Å².